The van der Waals surface area contributed by atoms with Crippen LogP contribution in [-0.4, -0.2) is 75.7 Å². The number of nitrogens with zero attached hydrogens (tertiary/aromatic N) is 12. The number of rotatable bonds is 12. The maximum atomic E-state index is 9.94. The fourth-order valence-corrected chi connectivity index (χ4v) is 7.08. The van der Waals surface area contributed by atoms with E-state index in [9.17, 15) is 5.11 Å². The van der Waals surface area contributed by atoms with Gasteiger partial charge in [-0.15, -0.1) is 10.2 Å². The lowest BCUT2D eigenvalue weighted by molar-refractivity contribution is 0.340. The van der Waals surface area contributed by atoms with E-state index >= 15 is 0 Å². The number of pyridine rings is 2. The third-order valence-corrected chi connectivity index (χ3v) is 9.86. The molecule has 282 valence electrons. The summed E-state index contributed by atoms with van der Waals surface area (Å²) in [6.07, 6.45) is 4.18. The summed E-state index contributed by atoms with van der Waals surface area (Å²) in [4.78, 5) is 13.4. The van der Waals surface area contributed by atoms with Crippen LogP contribution < -0.4 is 14.5 Å². The van der Waals surface area contributed by atoms with Crippen LogP contribution in [0, 0.1) is 20.8 Å². The van der Waals surface area contributed by atoms with Crippen molar-refractivity contribution in [2.24, 2.45) is 0 Å². The molecular formula is C42H42N12O2. The smallest absolute Gasteiger partial charge is 0.179 e. The van der Waals surface area contributed by atoms with Gasteiger partial charge in [-0.05, 0) is 100.0 Å². The molecule has 0 aliphatic carbocycles. The lowest BCUT2D eigenvalue weighted by atomic mass is 10.1. The van der Waals surface area contributed by atoms with Gasteiger partial charge in [-0.1, -0.05) is 12.1 Å². The number of ether oxygens (including phenoxy) is 1. The highest BCUT2D eigenvalue weighted by molar-refractivity contribution is 5.93. The van der Waals surface area contributed by atoms with Crippen LogP contribution in [0.1, 0.15) is 46.7 Å². The summed E-state index contributed by atoms with van der Waals surface area (Å²) < 4.78 is 9.45. The van der Waals surface area contributed by atoms with Crippen molar-refractivity contribution in [1.82, 2.24) is 49.9 Å². The Kier molecular flexibility index (Phi) is 9.69. The van der Waals surface area contributed by atoms with Crippen LogP contribution in [0.3, 0.4) is 0 Å². The predicted molar refractivity (Wildman–Crippen MR) is 216 cm³/mol. The van der Waals surface area contributed by atoms with Gasteiger partial charge in [-0.2, -0.15) is 20.4 Å². The van der Waals surface area contributed by atoms with Crippen LogP contribution in [0.5, 0.6) is 11.5 Å². The van der Waals surface area contributed by atoms with Gasteiger partial charge in [0.15, 0.2) is 11.6 Å². The van der Waals surface area contributed by atoms with E-state index in [4.69, 9.17) is 30.1 Å². The molecule has 2 aromatic carbocycles. The Bertz CT molecular complexity index is 2640. The van der Waals surface area contributed by atoms with Crippen LogP contribution in [-0.2, 0) is 19.5 Å². The van der Waals surface area contributed by atoms with E-state index in [2.05, 4.69) is 28.2 Å². The minimum absolute atomic E-state index is 0.191. The third-order valence-electron chi connectivity index (χ3n) is 9.86. The largest absolute Gasteiger partial charge is 0.508 e. The second-order valence-electron chi connectivity index (χ2n) is 13.8. The number of phenols is 1. The summed E-state index contributed by atoms with van der Waals surface area (Å²) in [5, 5.41) is 40.4. The predicted octanol–water partition coefficient (Wildman–Crippen LogP) is 6.63. The molecule has 0 spiro atoms. The number of hydrogen-bond acceptors (Lipinski definition) is 12. The highest BCUT2D eigenvalue weighted by Gasteiger charge is 2.23. The maximum absolute atomic E-state index is 9.94. The molecule has 6 heterocycles. The lowest BCUT2D eigenvalue weighted by Crippen LogP contribution is -2.20. The van der Waals surface area contributed by atoms with Crippen LogP contribution in [0.2, 0.25) is 0 Å². The number of aromatic hydroxyl groups is 1. The van der Waals surface area contributed by atoms with Gasteiger partial charge in [0, 0.05) is 32.9 Å². The molecule has 0 bridgehead atoms. The Labute approximate surface area is 324 Å². The van der Waals surface area contributed by atoms with Crippen LogP contribution in [0.15, 0.2) is 91.3 Å². The van der Waals surface area contributed by atoms with E-state index < -0.39 is 0 Å². The number of anilines is 2. The Morgan fingerprint density at radius 2 is 1.27 bits per heavy atom. The van der Waals surface area contributed by atoms with Crippen molar-refractivity contribution in [3.8, 4) is 22.9 Å². The number of phenolic OH excluding ortho intramolecular Hbond substituents is 1. The Balaban J connectivity index is 1.06. The molecule has 14 nitrogen and oxygen atoms in total. The summed E-state index contributed by atoms with van der Waals surface area (Å²) >= 11 is 0. The first-order valence-electron chi connectivity index (χ1n) is 18.4. The molecule has 0 radical (unpaired) electrons. The molecule has 8 rings (SSSR count). The fourth-order valence-electron chi connectivity index (χ4n) is 7.08. The average Bonchev–Trinajstić information content (AvgIpc) is 3.74. The van der Waals surface area contributed by atoms with Crippen molar-refractivity contribution in [3.63, 3.8) is 0 Å². The molecule has 0 fully saturated rings. The van der Waals surface area contributed by atoms with Crippen molar-refractivity contribution in [3.05, 3.63) is 131 Å². The standard InChI is InChI=1S/C42H42N12O2/c1-7-56-35-19-15-33(16-20-35)53-27(3)37-26(2)45-47-41(39(37)49-53)52(6)25-31-12-11-29(23-44-31)22-36-38-28(4)54(32-13-17-34(55)18-14-32)50-40(38)42(48-46-36)51(5)24-30-10-8-9-21-43-30/h8-21,23,55H,7,22,24-25H2,1-6H3. The summed E-state index contributed by atoms with van der Waals surface area (Å²) in [6.45, 7) is 9.67. The summed E-state index contributed by atoms with van der Waals surface area (Å²) in [7, 11) is 3.95. The van der Waals surface area contributed by atoms with Crippen molar-refractivity contribution in [2.45, 2.75) is 47.2 Å². The van der Waals surface area contributed by atoms with Crippen molar-refractivity contribution in [2.75, 3.05) is 30.5 Å². The average molecular weight is 747 g/mol. The molecule has 8 aromatic rings. The zero-order valence-electron chi connectivity index (χ0n) is 32.2. The highest BCUT2D eigenvalue weighted by Crippen LogP contribution is 2.32. The molecule has 0 saturated carbocycles. The van der Waals surface area contributed by atoms with Gasteiger partial charge in [-0.3, -0.25) is 9.97 Å². The minimum Gasteiger partial charge on any atom is -0.508 e. The van der Waals surface area contributed by atoms with Gasteiger partial charge in [0.25, 0.3) is 0 Å². The normalized spacial score (nSPS) is 11.4. The first-order valence-corrected chi connectivity index (χ1v) is 18.4. The number of hydrogen-bond donors (Lipinski definition) is 1. The van der Waals surface area contributed by atoms with Gasteiger partial charge < -0.3 is 19.6 Å². The first-order chi connectivity index (χ1) is 27.2. The number of benzene rings is 2. The van der Waals surface area contributed by atoms with Gasteiger partial charge >= 0.3 is 0 Å². The topological polar surface area (TPSA) is 149 Å². The summed E-state index contributed by atoms with van der Waals surface area (Å²) in [5.74, 6) is 2.34. The van der Waals surface area contributed by atoms with Crippen LogP contribution >= 0.6 is 0 Å². The molecule has 0 amide bonds. The second-order valence-corrected chi connectivity index (χ2v) is 13.8. The molecule has 0 aliphatic rings. The maximum Gasteiger partial charge on any atom is 0.179 e. The molecule has 6 aromatic heterocycles. The number of aromatic nitrogens is 10. The molecule has 0 aliphatic heterocycles. The quantitative estimate of drug-likeness (QED) is 0.143. The molecule has 14 heteroatoms. The SMILES string of the molecule is CCOc1ccc(-n2nc3c(N(C)Cc4ccc(Cc5nnc(N(C)Cc6ccccn6)c6nn(-c7ccc(O)cc7)c(C)c56)cn4)nnc(C)c3c2C)cc1. The number of aryl methyl sites for hydroxylation is 3. The van der Waals surface area contributed by atoms with E-state index in [1.54, 1.807) is 18.3 Å². The highest BCUT2D eigenvalue weighted by atomic mass is 16.5. The Morgan fingerprint density at radius 1 is 0.661 bits per heavy atom. The zero-order valence-corrected chi connectivity index (χ0v) is 32.2. The minimum atomic E-state index is 0.191. The van der Waals surface area contributed by atoms with E-state index in [0.29, 0.717) is 37.8 Å². The molecule has 56 heavy (non-hydrogen) atoms. The molecule has 0 atom stereocenters. The fraction of sp³-hybridized carbons (Fsp3) is 0.238. The van der Waals surface area contributed by atoms with E-state index in [1.165, 1.54) is 0 Å². The van der Waals surface area contributed by atoms with Crippen LogP contribution in [0.25, 0.3) is 33.2 Å². The zero-order chi connectivity index (χ0) is 38.9. The van der Waals surface area contributed by atoms with Gasteiger partial charge in [-0.25, -0.2) is 9.36 Å². The van der Waals surface area contributed by atoms with E-state index in [-0.39, 0.29) is 5.75 Å². The second kappa shape index (κ2) is 15.1. The first kappa shape index (κ1) is 36.0. The van der Waals surface area contributed by atoms with E-state index in [0.717, 1.165) is 78.7 Å². The Hall–Kier alpha value is -6.96. The Morgan fingerprint density at radius 3 is 1.88 bits per heavy atom. The third kappa shape index (κ3) is 6.92. The molecular weight excluding hydrogens is 705 g/mol. The van der Waals surface area contributed by atoms with Gasteiger partial charge in [0.2, 0.25) is 0 Å². The monoisotopic (exact) mass is 746 g/mol. The van der Waals surface area contributed by atoms with Crippen molar-refractivity contribution < 1.29 is 9.84 Å². The molecule has 0 unspecified atom stereocenters. The molecule has 0 saturated heterocycles. The van der Waals surface area contributed by atoms with Gasteiger partial charge in [0.05, 0.1) is 76.0 Å². The van der Waals surface area contributed by atoms with Crippen molar-refractivity contribution >= 4 is 33.4 Å². The number of fused-ring (bicyclic) bond motifs is 2. The molecule has 1 N–H and O–H groups in total. The van der Waals surface area contributed by atoms with E-state index in [1.807, 2.05) is 121 Å². The van der Waals surface area contributed by atoms with Crippen molar-refractivity contribution in [1.29, 1.82) is 0 Å². The van der Waals surface area contributed by atoms with Crippen LogP contribution in [0.4, 0.5) is 11.6 Å². The van der Waals surface area contributed by atoms with Gasteiger partial charge in [0.1, 0.15) is 22.5 Å². The lowest BCUT2D eigenvalue weighted by Gasteiger charge is -2.18. The summed E-state index contributed by atoms with van der Waals surface area (Å²) in [6, 6.07) is 24.9. The summed E-state index contributed by atoms with van der Waals surface area (Å²) in [5.41, 5.74) is 9.56.